The number of methoxy groups -OCH3 is 3. The van der Waals surface area contributed by atoms with Crippen molar-refractivity contribution in [2.24, 2.45) is 0 Å². The van der Waals surface area contributed by atoms with E-state index in [-0.39, 0.29) is 17.1 Å². The minimum Gasteiger partial charge on any atom is -0.493 e. The van der Waals surface area contributed by atoms with Crippen molar-refractivity contribution in [3.8, 4) is 23.0 Å². The van der Waals surface area contributed by atoms with Crippen LogP contribution < -0.4 is 24.4 Å². The number of unbranched alkanes of at least 4 members (excludes halogenated alkanes) is 2. The van der Waals surface area contributed by atoms with Crippen LogP contribution in [-0.4, -0.2) is 45.3 Å². The van der Waals surface area contributed by atoms with Gasteiger partial charge >= 0.3 is 0 Å². The smallest absolute Gasteiger partial charge is 0.290 e. The van der Waals surface area contributed by atoms with Crippen LogP contribution in [0.4, 0.5) is 0 Å². The number of carbonyl (C=O) groups excluding carboxylic acids is 1. The lowest BCUT2D eigenvalue weighted by molar-refractivity contribution is 0.0730. The number of carbonyl (C=O) groups is 1. The van der Waals surface area contributed by atoms with Gasteiger partial charge in [0, 0.05) is 6.54 Å². The van der Waals surface area contributed by atoms with Crippen LogP contribution in [0.3, 0.4) is 0 Å². The van der Waals surface area contributed by atoms with Crippen LogP contribution in [0.2, 0.25) is 0 Å². The Hall–Kier alpha value is -4.46. The quantitative estimate of drug-likeness (QED) is 0.169. The van der Waals surface area contributed by atoms with Crippen LogP contribution in [0.15, 0.2) is 57.7 Å². The minimum atomic E-state index is -0.660. The number of aryl methyl sites for hydroxylation is 2. The monoisotopic (exact) mass is 585 g/mol. The molecule has 0 bridgehead atoms. The van der Waals surface area contributed by atoms with Gasteiger partial charge in [0.2, 0.25) is 5.76 Å². The molecule has 43 heavy (non-hydrogen) atoms. The van der Waals surface area contributed by atoms with Gasteiger partial charge in [0.05, 0.1) is 44.9 Å². The fourth-order valence-electron chi connectivity index (χ4n) is 5.85. The molecule has 0 N–H and O–H groups in total. The Morgan fingerprint density at radius 2 is 1.56 bits per heavy atom. The average molecular weight is 586 g/mol. The van der Waals surface area contributed by atoms with Crippen LogP contribution in [0, 0.1) is 13.8 Å². The first-order chi connectivity index (χ1) is 20.8. The maximum atomic E-state index is 14.1. The number of rotatable bonds is 12. The molecule has 0 fully saturated rings. The minimum absolute atomic E-state index is 0.0839. The summed E-state index contributed by atoms with van der Waals surface area (Å²) in [6, 6.07) is 14.4. The number of amides is 1. The van der Waals surface area contributed by atoms with Crippen molar-refractivity contribution in [3.63, 3.8) is 0 Å². The van der Waals surface area contributed by atoms with Crippen LogP contribution >= 0.6 is 0 Å². The molecule has 1 amide bonds. The second-order valence-corrected chi connectivity index (χ2v) is 10.9. The first-order valence-electron chi connectivity index (χ1n) is 14.7. The van der Waals surface area contributed by atoms with Gasteiger partial charge in [-0.2, -0.15) is 0 Å². The number of benzene rings is 3. The molecule has 0 radical (unpaired) electrons. The Bertz CT molecular complexity index is 1710. The lowest BCUT2D eigenvalue weighted by Crippen LogP contribution is -2.31. The van der Waals surface area contributed by atoms with Crippen molar-refractivity contribution in [2.75, 3.05) is 34.5 Å². The van der Waals surface area contributed by atoms with Gasteiger partial charge in [0.25, 0.3) is 5.91 Å². The molecule has 0 saturated heterocycles. The first kappa shape index (κ1) is 30.0. The van der Waals surface area contributed by atoms with Crippen molar-refractivity contribution in [2.45, 2.75) is 52.5 Å². The number of ether oxygens (including phenoxy) is 4. The summed E-state index contributed by atoms with van der Waals surface area (Å²) in [5, 5.41) is 0.471. The zero-order valence-electron chi connectivity index (χ0n) is 25.7. The Morgan fingerprint density at radius 1 is 0.837 bits per heavy atom. The second-order valence-electron chi connectivity index (χ2n) is 10.9. The molecule has 226 valence electrons. The van der Waals surface area contributed by atoms with E-state index in [1.807, 2.05) is 62.4 Å². The molecule has 0 saturated carbocycles. The third-order valence-electron chi connectivity index (χ3n) is 8.00. The standard InChI is InChI=1S/C35H39NO7/c1-7-8-9-16-42-27-13-11-24(20-29(27)41-6)31-30-32(37)25-18-21(2)17-22(3)33(25)43-34(30)35(38)36(31)15-14-23-10-12-26(39-4)28(19-23)40-5/h10-13,17-20,31H,7-9,14-16H2,1-6H3. The van der Waals surface area contributed by atoms with Gasteiger partial charge < -0.3 is 28.3 Å². The van der Waals surface area contributed by atoms with Gasteiger partial charge in [-0.05, 0) is 79.3 Å². The van der Waals surface area contributed by atoms with E-state index < -0.39 is 6.04 Å². The number of hydrogen-bond acceptors (Lipinski definition) is 7. The summed E-state index contributed by atoms with van der Waals surface area (Å²) in [7, 11) is 4.78. The Morgan fingerprint density at radius 3 is 2.28 bits per heavy atom. The third-order valence-corrected chi connectivity index (χ3v) is 8.00. The predicted octanol–water partition coefficient (Wildman–Crippen LogP) is 6.79. The molecule has 8 nitrogen and oxygen atoms in total. The first-order valence-corrected chi connectivity index (χ1v) is 14.7. The third kappa shape index (κ3) is 5.78. The topological polar surface area (TPSA) is 87.4 Å². The summed E-state index contributed by atoms with van der Waals surface area (Å²) in [5.74, 6) is 2.18. The van der Waals surface area contributed by atoms with Gasteiger partial charge in [0.15, 0.2) is 28.4 Å². The maximum Gasteiger partial charge on any atom is 0.290 e. The number of fused-ring (bicyclic) bond motifs is 2. The van der Waals surface area contributed by atoms with E-state index in [2.05, 4.69) is 6.92 Å². The van der Waals surface area contributed by atoms with E-state index in [1.165, 1.54) is 0 Å². The molecule has 1 aliphatic heterocycles. The summed E-state index contributed by atoms with van der Waals surface area (Å²) in [5.41, 5.74) is 4.06. The van der Waals surface area contributed by atoms with Crippen molar-refractivity contribution < 1.29 is 28.2 Å². The van der Waals surface area contributed by atoms with E-state index >= 15 is 0 Å². The van der Waals surface area contributed by atoms with E-state index in [1.54, 1.807) is 26.2 Å². The van der Waals surface area contributed by atoms with Gasteiger partial charge in [-0.3, -0.25) is 9.59 Å². The van der Waals surface area contributed by atoms with E-state index in [4.69, 9.17) is 23.4 Å². The molecule has 8 heteroatoms. The second kappa shape index (κ2) is 12.8. The normalized spacial score (nSPS) is 14.2. The molecule has 0 aliphatic carbocycles. The summed E-state index contributed by atoms with van der Waals surface area (Å²) >= 11 is 0. The molecular formula is C35H39NO7. The van der Waals surface area contributed by atoms with Crippen molar-refractivity contribution in [1.29, 1.82) is 0 Å². The van der Waals surface area contributed by atoms with Crippen molar-refractivity contribution in [1.82, 2.24) is 4.90 Å². The molecule has 3 aromatic carbocycles. The largest absolute Gasteiger partial charge is 0.493 e. The molecule has 4 aromatic rings. The molecule has 1 aromatic heterocycles. The van der Waals surface area contributed by atoms with E-state index in [9.17, 15) is 9.59 Å². The molecule has 1 unspecified atom stereocenters. The van der Waals surface area contributed by atoms with Crippen molar-refractivity contribution in [3.05, 3.63) is 92.3 Å². The highest BCUT2D eigenvalue weighted by atomic mass is 16.5. The summed E-state index contributed by atoms with van der Waals surface area (Å²) in [6.07, 6.45) is 3.66. The number of hydrogen-bond donors (Lipinski definition) is 0. The molecule has 1 aliphatic rings. The highest BCUT2D eigenvalue weighted by Gasteiger charge is 2.43. The van der Waals surface area contributed by atoms with Gasteiger partial charge in [-0.25, -0.2) is 0 Å². The maximum absolute atomic E-state index is 14.1. The summed E-state index contributed by atoms with van der Waals surface area (Å²) in [4.78, 5) is 29.9. The Kier molecular flexibility index (Phi) is 8.94. The molecule has 5 rings (SSSR count). The summed E-state index contributed by atoms with van der Waals surface area (Å²) in [6.45, 7) is 6.91. The molecule has 2 heterocycles. The highest BCUT2D eigenvalue weighted by molar-refractivity contribution is 5.99. The SMILES string of the molecule is CCCCCOc1ccc(C2c3c(oc4c(C)cc(C)cc4c3=O)C(=O)N2CCc2ccc(OC)c(OC)c2)cc1OC. The molecule has 0 spiro atoms. The van der Waals surface area contributed by atoms with E-state index in [0.717, 1.165) is 41.5 Å². The predicted molar refractivity (Wildman–Crippen MR) is 166 cm³/mol. The zero-order chi connectivity index (χ0) is 30.7. The Balaban J connectivity index is 1.58. The van der Waals surface area contributed by atoms with Crippen LogP contribution in [0.5, 0.6) is 23.0 Å². The van der Waals surface area contributed by atoms with Crippen LogP contribution in [0.25, 0.3) is 11.0 Å². The summed E-state index contributed by atoms with van der Waals surface area (Å²) < 4.78 is 28.8. The van der Waals surface area contributed by atoms with Gasteiger partial charge in [-0.15, -0.1) is 0 Å². The molecular weight excluding hydrogens is 546 g/mol. The van der Waals surface area contributed by atoms with Crippen LogP contribution in [-0.2, 0) is 6.42 Å². The highest BCUT2D eigenvalue weighted by Crippen LogP contribution is 2.41. The average Bonchev–Trinajstić information content (AvgIpc) is 3.29. The lowest BCUT2D eigenvalue weighted by atomic mass is 9.96. The van der Waals surface area contributed by atoms with Crippen LogP contribution in [0.1, 0.15) is 70.6 Å². The molecule has 1 atom stereocenters. The Labute approximate surface area is 252 Å². The fraction of sp³-hybridized carbons (Fsp3) is 0.371. The van der Waals surface area contributed by atoms with Gasteiger partial charge in [-0.1, -0.05) is 38.0 Å². The lowest BCUT2D eigenvalue weighted by Gasteiger charge is -2.26. The zero-order valence-corrected chi connectivity index (χ0v) is 25.7. The fourth-order valence-corrected chi connectivity index (χ4v) is 5.85. The van der Waals surface area contributed by atoms with Crippen molar-refractivity contribution >= 4 is 16.9 Å². The number of nitrogens with zero attached hydrogens (tertiary/aromatic N) is 1. The van der Waals surface area contributed by atoms with Gasteiger partial charge in [0.1, 0.15) is 5.58 Å². The van der Waals surface area contributed by atoms with E-state index in [0.29, 0.717) is 59.1 Å².